The maximum Gasteiger partial charge on any atom is 0.416 e. The van der Waals surface area contributed by atoms with E-state index in [0.29, 0.717) is 12.1 Å². The van der Waals surface area contributed by atoms with Crippen LogP contribution in [-0.2, 0) is 17.1 Å². The largest absolute Gasteiger partial charge is 0.416 e. The number of nitrogens with zero attached hydrogens (tertiary/aromatic N) is 3. The number of allylic oxidation sites excluding steroid dienone is 1. The smallest absolute Gasteiger partial charge is 0.283 e. The molecule has 24 heavy (non-hydrogen) atoms. The van der Waals surface area contributed by atoms with Crippen LogP contribution in [0.5, 0.6) is 0 Å². The van der Waals surface area contributed by atoms with Crippen LogP contribution in [0.15, 0.2) is 30.6 Å². The summed E-state index contributed by atoms with van der Waals surface area (Å²) in [6.45, 7) is 0. The lowest BCUT2D eigenvalue weighted by Gasteiger charge is -2.13. The number of hydrogen-bond donors (Lipinski definition) is 0. The molecule has 0 spiro atoms. The molecule has 0 aliphatic heterocycles. The van der Waals surface area contributed by atoms with Gasteiger partial charge in [-0.3, -0.25) is 4.79 Å². The molecular formula is C13H6F6IN3O. The maximum absolute atomic E-state index is 12.8. The average molecular weight is 461 g/mol. The van der Waals surface area contributed by atoms with Gasteiger partial charge in [-0.05, 0) is 18.2 Å². The molecule has 0 unspecified atom stereocenters. The van der Waals surface area contributed by atoms with Gasteiger partial charge < -0.3 is 0 Å². The lowest BCUT2D eigenvalue weighted by atomic mass is 10.0. The number of benzene rings is 1. The fourth-order valence-electron chi connectivity index (χ4n) is 1.70. The van der Waals surface area contributed by atoms with E-state index in [1.54, 1.807) is 0 Å². The first-order valence-corrected chi connectivity index (χ1v) is 7.13. The van der Waals surface area contributed by atoms with E-state index in [0.717, 1.165) is 17.1 Å². The van der Waals surface area contributed by atoms with Crippen LogP contribution in [0.2, 0.25) is 0 Å². The van der Waals surface area contributed by atoms with Crippen LogP contribution in [0.4, 0.5) is 26.3 Å². The minimum Gasteiger partial charge on any atom is -0.283 e. The highest BCUT2D eigenvalue weighted by molar-refractivity contribution is 14.1. The molecule has 0 N–H and O–H groups in total. The van der Waals surface area contributed by atoms with Crippen LogP contribution >= 0.6 is 22.6 Å². The van der Waals surface area contributed by atoms with Crippen LogP contribution in [0.1, 0.15) is 11.1 Å². The molecule has 1 aromatic heterocycles. The molecule has 0 saturated heterocycles. The zero-order chi connectivity index (χ0) is 18.1. The molecule has 1 heterocycles. The van der Waals surface area contributed by atoms with Crippen molar-refractivity contribution >= 4 is 32.6 Å². The molecular weight excluding hydrogens is 455 g/mol. The van der Waals surface area contributed by atoms with Gasteiger partial charge in [0, 0.05) is 40.4 Å². The molecule has 128 valence electrons. The number of alkyl halides is 6. The van der Waals surface area contributed by atoms with Gasteiger partial charge >= 0.3 is 12.4 Å². The Morgan fingerprint density at radius 2 is 1.58 bits per heavy atom. The van der Waals surface area contributed by atoms with Gasteiger partial charge in [0.15, 0.2) is 5.82 Å². The standard InChI is InChI=1S/C13H6F6IN3O/c14-12(15,16)8-3-7(4-9(5-8)13(17,18)19)11-21-6-23(22-11)2-1-10(20)24/h1-6H/b2-1-. The summed E-state index contributed by atoms with van der Waals surface area (Å²) >= 11 is 1.48. The van der Waals surface area contributed by atoms with E-state index >= 15 is 0 Å². The van der Waals surface area contributed by atoms with Crippen LogP contribution in [0.25, 0.3) is 17.6 Å². The summed E-state index contributed by atoms with van der Waals surface area (Å²) in [7, 11) is 0. The maximum atomic E-state index is 12.8. The van der Waals surface area contributed by atoms with E-state index in [4.69, 9.17) is 0 Å². The molecule has 4 nitrogen and oxygen atoms in total. The van der Waals surface area contributed by atoms with Crippen molar-refractivity contribution in [1.29, 1.82) is 0 Å². The van der Waals surface area contributed by atoms with E-state index in [1.807, 2.05) is 0 Å². The number of carbonyl (C=O) groups is 1. The lowest BCUT2D eigenvalue weighted by molar-refractivity contribution is -0.143. The Hall–Kier alpha value is -1.92. The predicted octanol–water partition coefficient (Wildman–Crippen LogP) is 4.42. The first-order valence-electron chi connectivity index (χ1n) is 6.05. The fourth-order valence-corrected chi connectivity index (χ4v) is 1.86. The van der Waals surface area contributed by atoms with Gasteiger partial charge in [-0.15, -0.1) is 5.10 Å². The first-order chi connectivity index (χ1) is 11.0. The molecule has 0 atom stereocenters. The van der Waals surface area contributed by atoms with Crippen molar-refractivity contribution in [2.75, 3.05) is 0 Å². The highest BCUT2D eigenvalue weighted by atomic mass is 127. The molecule has 2 aromatic rings. The Kier molecular flexibility index (Phi) is 5.01. The minimum atomic E-state index is -4.95. The Morgan fingerprint density at radius 1 is 1.04 bits per heavy atom. The Bertz CT molecular complexity index is 761. The van der Waals surface area contributed by atoms with Gasteiger partial charge in [0.05, 0.1) is 11.1 Å². The highest BCUT2D eigenvalue weighted by Gasteiger charge is 2.37. The van der Waals surface area contributed by atoms with Crippen LogP contribution in [0, 0.1) is 0 Å². The Balaban J connectivity index is 2.52. The van der Waals surface area contributed by atoms with Crippen molar-refractivity contribution in [2.24, 2.45) is 0 Å². The average Bonchev–Trinajstić information content (AvgIpc) is 2.91. The van der Waals surface area contributed by atoms with E-state index in [9.17, 15) is 31.1 Å². The van der Waals surface area contributed by atoms with E-state index < -0.39 is 29.0 Å². The summed E-state index contributed by atoms with van der Waals surface area (Å²) in [6, 6.07) is 1.08. The molecule has 0 saturated carbocycles. The lowest BCUT2D eigenvalue weighted by Crippen LogP contribution is -2.11. The zero-order valence-electron chi connectivity index (χ0n) is 11.4. The van der Waals surface area contributed by atoms with Crippen molar-refractivity contribution in [3.63, 3.8) is 0 Å². The number of carbonyl (C=O) groups excluding carboxylic acids is 1. The molecule has 0 radical (unpaired) electrons. The van der Waals surface area contributed by atoms with E-state index in [2.05, 4.69) is 10.1 Å². The minimum absolute atomic E-state index is 0.0230. The van der Waals surface area contributed by atoms with Crippen molar-refractivity contribution in [3.8, 4) is 11.4 Å². The van der Waals surface area contributed by atoms with Gasteiger partial charge in [-0.2, -0.15) is 26.3 Å². The second-order valence-corrected chi connectivity index (χ2v) is 5.53. The van der Waals surface area contributed by atoms with Gasteiger partial charge in [-0.1, -0.05) is 0 Å². The predicted molar refractivity (Wildman–Crippen MR) is 79.8 cm³/mol. The summed E-state index contributed by atoms with van der Waals surface area (Å²) < 4.78 is 77.5. The van der Waals surface area contributed by atoms with Crippen LogP contribution in [0.3, 0.4) is 0 Å². The summed E-state index contributed by atoms with van der Waals surface area (Å²) in [5.41, 5.74) is -3.35. The SMILES string of the molecule is O=C(I)/C=C\n1cnc(-c2cc(C(F)(F)F)cc(C(F)(F)F)c2)n1. The highest BCUT2D eigenvalue weighted by Crippen LogP contribution is 2.37. The van der Waals surface area contributed by atoms with Crippen molar-refractivity contribution in [2.45, 2.75) is 12.4 Å². The van der Waals surface area contributed by atoms with Gasteiger partial charge in [0.2, 0.25) is 3.79 Å². The third-order valence-corrected chi connectivity index (χ3v) is 3.07. The van der Waals surface area contributed by atoms with Crippen molar-refractivity contribution in [3.05, 3.63) is 41.7 Å². The fraction of sp³-hybridized carbons (Fsp3) is 0.154. The van der Waals surface area contributed by atoms with Gasteiger partial charge in [-0.25, -0.2) is 9.67 Å². The summed E-state index contributed by atoms with van der Waals surface area (Å²) in [5, 5.41) is 3.73. The normalized spacial score (nSPS) is 12.8. The van der Waals surface area contributed by atoms with E-state index in [-0.39, 0.29) is 15.7 Å². The summed E-state index contributed by atoms with van der Waals surface area (Å²) in [4.78, 5) is 14.5. The topological polar surface area (TPSA) is 47.8 Å². The second-order valence-electron chi connectivity index (χ2n) is 4.46. The Labute approximate surface area is 144 Å². The number of aromatic nitrogens is 3. The molecule has 0 bridgehead atoms. The number of halogens is 7. The molecule has 11 heteroatoms. The molecule has 0 aliphatic rings. The van der Waals surface area contributed by atoms with E-state index in [1.165, 1.54) is 28.8 Å². The first kappa shape index (κ1) is 18.4. The van der Waals surface area contributed by atoms with Crippen molar-refractivity contribution < 1.29 is 31.1 Å². The molecule has 0 amide bonds. The van der Waals surface area contributed by atoms with Crippen LogP contribution in [-0.4, -0.2) is 18.6 Å². The van der Waals surface area contributed by atoms with Crippen LogP contribution < -0.4 is 0 Å². The summed E-state index contributed by atoms with van der Waals surface area (Å²) in [6.07, 6.45) is -6.58. The quantitative estimate of drug-likeness (QED) is 0.295. The zero-order valence-corrected chi connectivity index (χ0v) is 13.5. The van der Waals surface area contributed by atoms with Crippen molar-refractivity contribution in [1.82, 2.24) is 14.8 Å². The van der Waals surface area contributed by atoms with Gasteiger partial charge in [0.1, 0.15) is 6.33 Å². The Morgan fingerprint density at radius 3 is 2.04 bits per heavy atom. The molecule has 0 fully saturated rings. The number of hydrogen-bond acceptors (Lipinski definition) is 3. The summed E-state index contributed by atoms with van der Waals surface area (Å²) in [5.74, 6) is -0.336. The molecule has 0 aliphatic carbocycles. The monoisotopic (exact) mass is 461 g/mol. The third kappa shape index (κ3) is 4.55. The third-order valence-electron chi connectivity index (χ3n) is 2.71. The molecule has 1 aromatic carbocycles. The van der Waals surface area contributed by atoms with Gasteiger partial charge in [0.25, 0.3) is 0 Å². The second kappa shape index (κ2) is 6.53. The number of rotatable bonds is 3. The molecule has 2 rings (SSSR count).